The lowest BCUT2D eigenvalue weighted by molar-refractivity contribution is -0.140. The van der Waals surface area contributed by atoms with E-state index in [1.165, 1.54) is 6.29 Å². The van der Waals surface area contributed by atoms with Crippen LogP contribution in [0, 0.1) is 0 Å². The third-order valence-corrected chi connectivity index (χ3v) is 1.93. The molecular formula is C12H21O4+. The van der Waals surface area contributed by atoms with Gasteiger partial charge in [-0.25, -0.2) is 4.79 Å². The number of rotatable bonds is 10. The van der Waals surface area contributed by atoms with E-state index in [-0.39, 0.29) is 12.6 Å². The van der Waals surface area contributed by atoms with Crippen LogP contribution in [0.15, 0.2) is 12.2 Å². The zero-order valence-electron chi connectivity index (χ0n) is 9.91. The molecule has 0 aliphatic carbocycles. The molecular weight excluding hydrogens is 208 g/mol. The molecule has 16 heavy (non-hydrogen) atoms. The molecule has 0 aliphatic rings. The van der Waals surface area contributed by atoms with Crippen LogP contribution in [-0.4, -0.2) is 36.9 Å². The topological polar surface area (TPSA) is 56.9 Å². The van der Waals surface area contributed by atoms with E-state index in [9.17, 15) is 4.79 Å². The SMILES string of the molecule is C=C(C)C(=O)OCCOCCCCCC=[OH+]. The van der Waals surface area contributed by atoms with Crippen LogP contribution in [0.1, 0.15) is 32.6 Å². The van der Waals surface area contributed by atoms with E-state index >= 15 is 0 Å². The minimum absolute atomic E-state index is 0.274. The van der Waals surface area contributed by atoms with Crippen LogP contribution < -0.4 is 0 Å². The van der Waals surface area contributed by atoms with Crippen LogP contribution >= 0.6 is 0 Å². The summed E-state index contributed by atoms with van der Waals surface area (Å²) in [6, 6.07) is 0. The highest BCUT2D eigenvalue weighted by Gasteiger charge is 2.01. The number of aldehydes is 1. The van der Waals surface area contributed by atoms with Crippen molar-refractivity contribution in [1.29, 1.82) is 0 Å². The zero-order valence-corrected chi connectivity index (χ0v) is 9.91. The number of carbonyl (C=O) groups excluding carboxylic acids is 2. The number of hydrogen-bond donors (Lipinski definition) is 0. The molecule has 0 atom stereocenters. The fourth-order valence-electron chi connectivity index (χ4n) is 1.04. The Morgan fingerprint density at radius 1 is 1.25 bits per heavy atom. The maximum atomic E-state index is 10.9. The van der Waals surface area contributed by atoms with Gasteiger partial charge < -0.3 is 9.47 Å². The van der Waals surface area contributed by atoms with Crippen molar-refractivity contribution in [3.05, 3.63) is 12.2 Å². The van der Waals surface area contributed by atoms with Gasteiger partial charge >= 0.3 is 5.97 Å². The number of carbonyl (C=O) groups is 1. The standard InChI is InChI=1S/C12H20O4/c1-11(2)12(14)16-10-9-15-8-6-4-3-5-7-13/h7H,1,3-6,8-10H2,2H3/p+1. The van der Waals surface area contributed by atoms with Gasteiger partial charge in [-0.1, -0.05) is 13.0 Å². The predicted molar refractivity (Wildman–Crippen MR) is 63.1 cm³/mol. The fourth-order valence-corrected chi connectivity index (χ4v) is 1.04. The molecule has 0 unspecified atom stereocenters. The summed E-state index contributed by atoms with van der Waals surface area (Å²) in [7, 11) is 0. The highest BCUT2D eigenvalue weighted by Crippen LogP contribution is 1.98. The Hall–Kier alpha value is -1.16. The Labute approximate surface area is 96.6 Å². The fraction of sp³-hybridized carbons (Fsp3) is 0.667. The third kappa shape index (κ3) is 9.40. The summed E-state index contributed by atoms with van der Waals surface area (Å²) in [6.45, 7) is 6.44. The first-order chi connectivity index (χ1) is 7.68. The Morgan fingerprint density at radius 2 is 2.00 bits per heavy atom. The van der Waals surface area contributed by atoms with Crippen molar-refractivity contribution in [1.82, 2.24) is 0 Å². The molecule has 0 radical (unpaired) electrons. The van der Waals surface area contributed by atoms with Gasteiger partial charge in [0.15, 0.2) is 0 Å². The maximum Gasteiger partial charge on any atom is 0.333 e. The Morgan fingerprint density at radius 3 is 2.62 bits per heavy atom. The second-order valence-corrected chi connectivity index (χ2v) is 3.56. The van der Waals surface area contributed by atoms with Gasteiger partial charge in [0.05, 0.1) is 13.0 Å². The van der Waals surface area contributed by atoms with Crippen molar-refractivity contribution < 1.29 is 19.1 Å². The molecule has 1 N–H and O–H groups in total. The normalized spacial score (nSPS) is 9.81. The number of ether oxygens (including phenoxy) is 2. The average Bonchev–Trinajstić information content (AvgIpc) is 2.26. The van der Waals surface area contributed by atoms with Crippen LogP contribution in [0.25, 0.3) is 0 Å². The number of hydrogen-bond acceptors (Lipinski definition) is 3. The van der Waals surface area contributed by atoms with Crippen LogP contribution in [0.3, 0.4) is 0 Å². The minimum atomic E-state index is -0.373. The van der Waals surface area contributed by atoms with E-state index < -0.39 is 0 Å². The summed E-state index contributed by atoms with van der Waals surface area (Å²) in [5, 5.41) is 0. The van der Waals surface area contributed by atoms with Crippen LogP contribution in [0.2, 0.25) is 0 Å². The highest BCUT2D eigenvalue weighted by molar-refractivity contribution is 5.86. The molecule has 4 heteroatoms. The molecule has 0 fully saturated rings. The van der Waals surface area contributed by atoms with E-state index in [2.05, 4.69) is 6.58 Å². The van der Waals surface area contributed by atoms with Crippen LogP contribution in [-0.2, 0) is 14.3 Å². The second kappa shape index (κ2) is 10.4. The van der Waals surface area contributed by atoms with E-state index in [0.29, 0.717) is 18.8 Å². The highest BCUT2D eigenvalue weighted by atomic mass is 16.6. The summed E-state index contributed by atoms with van der Waals surface area (Å²) in [5.41, 5.74) is 0.403. The quantitative estimate of drug-likeness (QED) is 0.189. The van der Waals surface area contributed by atoms with Gasteiger partial charge in [-0.05, 0) is 19.8 Å². The second-order valence-electron chi connectivity index (χ2n) is 3.56. The monoisotopic (exact) mass is 229 g/mol. The maximum absolute atomic E-state index is 10.9. The van der Waals surface area contributed by atoms with E-state index in [0.717, 1.165) is 25.7 Å². The molecule has 0 aliphatic heterocycles. The van der Waals surface area contributed by atoms with Gasteiger partial charge in [0, 0.05) is 12.2 Å². The summed E-state index contributed by atoms with van der Waals surface area (Å²) in [4.78, 5) is 19.4. The van der Waals surface area contributed by atoms with E-state index in [4.69, 9.17) is 14.3 Å². The molecule has 0 saturated carbocycles. The van der Waals surface area contributed by atoms with Crippen molar-refractivity contribution >= 4 is 12.3 Å². The molecule has 92 valence electrons. The summed E-state index contributed by atoms with van der Waals surface area (Å²) in [5.74, 6) is -0.373. The molecule has 0 heterocycles. The smallest absolute Gasteiger partial charge is 0.333 e. The van der Waals surface area contributed by atoms with Crippen molar-refractivity contribution in [2.24, 2.45) is 0 Å². The average molecular weight is 229 g/mol. The molecule has 0 aromatic carbocycles. The van der Waals surface area contributed by atoms with Crippen LogP contribution in [0.4, 0.5) is 0 Å². The first kappa shape index (κ1) is 14.8. The van der Waals surface area contributed by atoms with Gasteiger partial charge in [0.1, 0.15) is 6.61 Å². The van der Waals surface area contributed by atoms with Crippen LogP contribution in [0.5, 0.6) is 0 Å². The lowest BCUT2D eigenvalue weighted by Crippen LogP contribution is -2.11. The van der Waals surface area contributed by atoms with E-state index in [1.54, 1.807) is 6.92 Å². The molecule has 0 saturated heterocycles. The lowest BCUT2D eigenvalue weighted by Gasteiger charge is -2.05. The summed E-state index contributed by atoms with van der Waals surface area (Å²) >= 11 is 0. The molecule has 0 aromatic heterocycles. The Balaban J connectivity index is 3.12. The number of esters is 1. The number of unbranched alkanes of at least 4 members (excludes halogenated alkanes) is 3. The Kier molecular flexibility index (Phi) is 9.61. The van der Waals surface area contributed by atoms with Gasteiger partial charge in [0.25, 0.3) is 6.29 Å². The first-order valence-electron chi connectivity index (χ1n) is 5.54. The Bertz CT molecular complexity index is 223. The van der Waals surface area contributed by atoms with Gasteiger partial charge in [-0.2, -0.15) is 0 Å². The third-order valence-electron chi connectivity index (χ3n) is 1.93. The lowest BCUT2D eigenvalue weighted by atomic mass is 10.2. The van der Waals surface area contributed by atoms with Gasteiger partial charge in [0.2, 0.25) is 0 Å². The molecule has 0 bridgehead atoms. The van der Waals surface area contributed by atoms with E-state index in [1.807, 2.05) is 0 Å². The first-order valence-corrected chi connectivity index (χ1v) is 5.54. The molecule has 0 amide bonds. The molecule has 0 rings (SSSR count). The van der Waals surface area contributed by atoms with Crippen molar-refractivity contribution in [2.45, 2.75) is 32.6 Å². The van der Waals surface area contributed by atoms with Crippen molar-refractivity contribution in [2.75, 3.05) is 19.8 Å². The van der Waals surface area contributed by atoms with Gasteiger partial charge in [-0.15, -0.1) is 0 Å². The largest absolute Gasteiger partial charge is 0.460 e. The summed E-state index contributed by atoms with van der Waals surface area (Å²) in [6.07, 6.45) is 4.88. The van der Waals surface area contributed by atoms with Gasteiger partial charge in [-0.3, -0.25) is 4.79 Å². The summed E-state index contributed by atoms with van der Waals surface area (Å²) < 4.78 is 10.1. The minimum Gasteiger partial charge on any atom is -0.460 e. The molecule has 4 nitrogen and oxygen atoms in total. The van der Waals surface area contributed by atoms with Crippen molar-refractivity contribution in [3.8, 4) is 0 Å². The zero-order chi connectivity index (χ0) is 12.2. The predicted octanol–water partition coefficient (Wildman–Crippen LogP) is 1.86. The van der Waals surface area contributed by atoms with Crippen molar-refractivity contribution in [3.63, 3.8) is 0 Å². The molecule has 0 aromatic rings. The molecule has 0 spiro atoms.